The standard InChI is InChI=1S/C11H21NO/c1-3-11(12-7-1)4-2-8-13-9-10-5-6-10/h10-12H,1-9H2. The molecule has 1 heterocycles. The topological polar surface area (TPSA) is 21.3 Å². The van der Waals surface area contributed by atoms with Gasteiger partial charge in [-0.15, -0.1) is 0 Å². The summed E-state index contributed by atoms with van der Waals surface area (Å²) >= 11 is 0. The van der Waals surface area contributed by atoms with Crippen molar-refractivity contribution in [3.05, 3.63) is 0 Å². The van der Waals surface area contributed by atoms with E-state index < -0.39 is 0 Å². The molecule has 1 saturated carbocycles. The van der Waals surface area contributed by atoms with Crippen LogP contribution in [0.1, 0.15) is 38.5 Å². The lowest BCUT2D eigenvalue weighted by molar-refractivity contribution is 0.119. The van der Waals surface area contributed by atoms with Gasteiger partial charge in [-0.3, -0.25) is 0 Å². The summed E-state index contributed by atoms with van der Waals surface area (Å²) in [4.78, 5) is 0. The summed E-state index contributed by atoms with van der Waals surface area (Å²) in [7, 11) is 0. The molecule has 2 rings (SSSR count). The van der Waals surface area contributed by atoms with Crippen molar-refractivity contribution in [2.24, 2.45) is 5.92 Å². The van der Waals surface area contributed by atoms with Crippen LogP contribution >= 0.6 is 0 Å². The molecule has 0 aromatic rings. The molecule has 76 valence electrons. The Morgan fingerprint density at radius 1 is 1.23 bits per heavy atom. The summed E-state index contributed by atoms with van der Waals surface area (Å²) in [5, 5.41) is 3.51. The average molecular weight is 183 g/mol. The van der Waals surface area contributed by atoms with Gasteiger partial charge in [0.15, 0.2) is 0 Å². The zero-order valence-corrected chi connectivity index (χ0v) is 8.43. The maximum absolute atomic E-state index is 5.59. The van der Waals surface area contributed by atoms with Crippen molar-refractivity contribution in [2.45, 2.75) is 44.6 Å². The van der Waals surface area contributed by atoms with Gasteiger partial charge in [0.05, 0.1) is 0 Å². The Balaban J connectivity index is 1.39. The van der Waals surface area contributed by atoms with Gasteiger partial charge in [-0.05, 0) is 51.0 Å². The predicted molar refractivity (Wildman–Crippen MR) is 53.8 cm³/mol. The molecule has 0 spiro atoms. The number of hydrogen-bond donors (Lipinski definition) is 1. The number of hydrogen-bond acceptors (Lipinski definition) is 2. The van der Waals surface area contributed by atoms with Gasteiger partial charge in [0.2, 0.25) is 0 Å². The zero-order valence-electron chi connectivity index (χ0n) is 8.43. The molecule has 2 aliphatic rings. The lowest BCUT2D eigenvalue weighted by Crippen LogP contribution is -2.21. The van der Waals surface area contributed by atoms with Crippen molar-refractivity contribution in [3.63, 3.8) is 0 Å². The van der Waals surface area contributed by atoms with Crippen LogP contribution in [0.5, 0.6) is 0 Å². The predicted octanol–water partition coefficient (Wildman–Crippen LogP) is 1.95. The van der Waals surface area contributed by atoms with Crippen molar-refractivity contribution < 1.29 is 4.74 Å². The molecular weight excluding hydrogens is 162 g/mol. The smallest absolute Gasteiger partial charge is 0.0494 e. The molecule has 1 N–H and O–H groups in total. The van der Waals surface area contributed by atoms with Gasteiger partial charge < -0.3 is 10.1 Å². The van der Waals surface area contributed by atoms with E-state index in [4.69, 9.17) is 4.74 Å². The van der Waals surface area contributed by atoms with E-state index in [1.165, 1.54) is 45.1 Å². The number of ether oxygens (including phenoxy) is 1. The van der Waals surface area contributed by atoms with Crippen LogP contribution in [0.25, 0.3) is 0 Å². The molecule has 2 nitrogen and oxygen atoms in total. The van der Waals surface area contributed by atoms with Crippen molar-refractivity contribution in [3.8, 4) is 0 Å². The zero-order chi connectivity index (χ0) is 8.93. The van der Waals surface area contributed by atoms with Gasteiger partial charge in [0, 0.05) is 19.3 Å². The van der Waals surface area contributed by atoms with E-state index >= 15 is 0 Å². The number of nitrogens with one attached hydrogen (secondary N) is 1. The van der Waals surface area contributed by atoms with E-state index in [1.807, 2.05) is 0 Å². The van der Waals surface area contributed by atoms with E-state index in [2.05, 4.69) is 5.32 Å². The van der Waals surface area contributed by atoms with Crippen molar-refractivity contribution in [2.75, 3.05) is 19.8 Å². The Bertz CT molecular complexity index is 139. The normalized spacial score (nSPS) is 28.2. The molecular formula is C11H21NO. The molecule has 1 atom stereocenters. The van der Waals surface area contributed by atoms with E-state index in [9.17, 15) is 0 Å². The molecule has 1 aliphatic carbocycles. The minimum atomic E-state index is 0.796. The lowest BCUT2D eigenvalue weighted by Gasteiger charge is -2.09. The van der Waals surface area contributed by atoms with Gasteiger partial charge in [0.1, 0.15) is 0 Å². The van der Waals surface area contributed by atoms with Crippen LogP contribution in [0, 0.1) is 5.92 Å². The fraction of sp³-hybridized carbons (Fsp3) is 1.00. The minimum absolute atomic E-state index is 0.796. The molecule has 1 unspecified atom stereocenters. The van der Waals surface area contributed by atoms with E-state index in [0.29, 0.717) is 0 Å². The van der Waals surface area contributed by atoms with Crippen molar-refractivity contribution in [1.29, 1.82) is 0 Å². The Labute approximate surface area is 81.0 Å². The molecule has 0 amide bonds. The summed E-state index contributed by atoms with van der Waals surface area (Å²) in [6.45, 7) is 3.24. The fourth-order valence-electron chi connectivity index (χ4n) is 1.97. The second-order valence-corrected chi connectivity index (χ2v) is 4.45. The summed E-state index contributed by atoms with van der Waals surface area (Å²) in [6.07, 6.45) is 8.11. The monoisotopic (exact) mass is 183 g/mol. The molecule has 0 aromatic carbocycles. The minimum Gasteiger partial charge on any atom is -0.381 e. The lowest BCUT2D eigenvalue weighted by atomic mass is 10.1. The van der Waals surface area contributed by atoms with Crippen LogP contribution in [0.15, 0.2) is 0 Å². The Hall–Kier alpha value is -0.0800. The van der Waals surface area contributed by atoms with Crippen LogP contribution in [0.4, 0.5) is 0 Å². The van der Waals surface area contributed by atoms with Gasteiger partial charge in [-0.25, -0.2) is 0 Å². The maximum atomic E-state index is 5.59. The molecule has 1 saturated heterocycles. The first-order chi connectivity index (χ1) is 6.45. The molecule has 13 heavy (non-hydrogen) atoms. The van der Waals surface area contributed by atoms with Crippen LogP contribution in [-0.2, 0) is 4.74 Å². The molecule has 0 bridgehead atoms. The second kappa shape index (κ2) is 4.97. The van der Waals surface area contributed by atoms with Crippen molar-refractivity contribution >= 4 is 0 Å². The first-order valence-corrected chi connectivity index (χ1v) is 5.76. The second-order valence-electron chi connectivity index (χ2n) is 4.45. The molecule has 2 fully saturated rings. The highest BCUT2D eigenvalue weighted by molar-refractivity contribution is 4.74. The third-order valence-electron chi connectivity index (χ3n) is 3.05. The first-order valence-electron chi connectivity index (χ1n) is 5.76. The van der Waals surface area contributed by atoms with E-state index in [1.54, 1.807) is 0 Å². The highest BCUT2D eigenvalue weighted by Gasteiger charge is 2.21. The summed E-state index contributed by atoms with van der Waals surface area (Å²) in [5.74, 6) is 0.921. The van der Waals surface area contributed by atoms with Gasteiger partial charge >= 0.3 is 0 Å². The van der Waals surface area contributed by atoms with E-state index in [-0.39, 0.29) is 0 Å². The Morgan fingerprint density at radius 3 is 2.85 bits per heavy atom. The number of rotatable bonds is 6. The average Bonchev–Trinajstić information content (AvgIpc) is 2.81. The summed E-state index contributed by atoms with van der Waals surface area (Å²) < 4.78 is 5.59. The Morgan fingerprint density at radius 2 is 2.15 bits per heavy atom. The molecule has 0 aromatic heterocycles. The summed E-state index contributed by atoms with van der Waals surface area (Å²) in [6, 6.07) is 0.796. The Kier molecular flexibility index (Phi) is 3.62. The van der Waals surface area contributed by atoms with Crippen LogP contribution in [0.3, 0.4) is 0 Å². The third-order valence-corrected chi connectivity index (χ3v) is 3.05. The first kappa shape index (κ1) is 9.47. The van der Waals surface area contributed by atoms with Crippen molar-refractivity contribution in [1.82, 2.24) is 5.32 Å². The van der Waals surface area contributed by atoms with Crippen LogP contribution in [-0.4, -0.2) is 25.8 Å². The van der Waals surface area contributed by atoms with Crippen LogP contribution in [0.2, 0.25) is 0 Å². The fourth-order valence-corrected chi connectivity index (χ4v) is 1.97. The highest BCUT2D eigenvalue weighted by atomic mass is 16.5. The third kappa shape index (κ3) is 3.65. The van der Waals surface area contributed by atoms with Gasteiger partial charge in [0.25, 0.3) is 0 Å². The SMILES string of the molecule is C1CNC(CCCOCC2CC2)C1. The highest BCUT2D eigenvalue weighted by Crippen LogP contribution is 2.28. The van der Waals surface area contributed by atoms with Gasteiger partial charge in [-0.2, -0.15) is 0 Å². The maximum Gasteiger partial charge on any atom is 0.0494 e. The largest absolute Gasteiger partial charge is 0.381 e. The van der Waals surface area contributed by atoms with E-state index in [0.717, 1.165) is 25.2 Å². The van der Waals surface area contributed by atoms with Gasteiger partial charge in [-0.1, -0.05) is 0 Å². The summed E-state index contributed by atoms with van der Waals surface area (Å²) in [5.41, 5.74) is 0. The molecule has 0 radical (unpaired) electrons. The van der Waals surface area contributed by atoms with Crippen LogP contribution < -0.4 is 5.32 Å². The quantitative estimate of drug-likeness (QED) is 0.635. The molecule has 2 heteroatoms. The molecule has 1 aliphatic heterocycles.